The number of nitrogens with zero attached hydrogens (tertiary/aromatic N) is 2. The van der Waals surface area contributed by atoms with Crippen molar-refractivity contribution >= 4 is 17.6 Å². The van der Waals surface area contributed by atoms with E-state index in [2.05, 4.69) is 50.4 Å². The zero-order valence-electron chi connectivity index (χ0n) is 19.8. The van der Waals surface area contributed by atoms with Crippen molar-refractivity contribution in [1.82, 2.24) is 9.78 Å². The summed E-state index contributed by atoms with van der Waals surface area (Å²) in [6, 6.07) is 21.4. The van der Waals surface area contributed by atoms with Gasteiger partial charge < -0.3 is 15.5 Å². The quantitative estimate of drug-likeness (QED) is 0.314. The molecule has 0 aliphatic heterocycles. The number of rotatable bonds is 7. The Hall–Kier alpha value is -4.39. The molecular weight excluding hydrogens is 442 g/mol. The van der Waals surface area contributed by atoms with Gasteiger partial charge in [0, 0.05) is 29.6 Å². The SMILES string of the molecule is CC(C)(C)c1ccc(NCc2cn(-c3ccc(C(=O)O)cc3)nc2-c2ccc(C(=O)O)cc2)cc1. The topological polar surface area (TPSA) is 104 Å². The van der Waals surface area contributed by atoms with E-state index in [4.69, 9.17) is 5.10 Å². The fourth-order valence-electron chi connectivity index (χ4n) is 3.73. The standard InChI is InChI=1S/C28H27N3O4/c1-28(2,3)22-10-12-23(13-11-22)29-16-21-17-31(24-14-8-20(9-15-24)27(34)35)30-25(21)18-4-6-19(7-5-18)26(32)33/h4-15,17,29H,16H2,1-3H3,(H,32,33)(H,34,35). The maximum atomic E-state index is 11.3. The Bertz CT molecular complexity index is 1350. The van der Waals surface area contributed by atoms with Crippen LogP contribution in [-0.2, 0) is 12.0 Å². The van der Waals surface area contributed by atoms with Gasteiger partial charge in [0.15, 0.2) is 0 Å². The summed E-state index contributed by atoms with van der Waals surface area (Å²) in [7, 11) is 0. The number of carboxylic acid groups (broad SMARTS) is 2. The number of aromatic carboxylic acids is 2. The van der Waals surface area contributed by atoms with E-state index >= 15 is 0 Å². The highest BCUT2D eigenvalue weighted by Gasteiger charge is 2.15. The van der Waals surface area contributed by atoms with Crippen molar-refractivity contribution in [2.75, 3.05) is 5.32 Å². The summed E-state index contributed by atoms with van der Waals surface area (Å²) in [5.41, 5.74) is 5.84. The summed E-state index contributed by atoms with van der Waals surface area (Å²) < 4.78 is 1.70. The highest BCUT2D eigenvalue weighted by molar-refractivity contribution is 5.88. The van der Waals surface area contributed by atoms with Gasteiger partial charge in [-0.25, -0.2) is 14.3 Å². The van der Waals surface area contributed by atoms with Crippen molar-refractivity contribution in [1.29, 1.82) is 0 Å². The Labute approximate surface area is 203 Å². The molecule has 0 amide bonds. The van der Waals surface area contributed by atoms with Crippen molar-refractivity contribution in [3.8, 4) is 16.9 Å². The summed E-state index contributed by atoms with van der Waals surface area (Å²) in [6.07, 6.45) is 1.90. The second-order valence-corrected chi connectivity index (χ2v) is 9.36. The molecule has 178 valence electrons. The van der Waals surface area contributed by atoms with Crippen LogP contribution >= 0.6 is 0 Å². The Morgan fingerprint density at radius 3 is 1.89 bits per heavy atom. The first-order valence-electron chi connectivity index (χ1n) is 11.2. The first-order valence-corrected chi connectivity index (χ1v) is 11.2. The number of nitrogens with one attached hydrogen (secondary N) is 1. The van der Waals surface area contributed by atoms with Crippen molar-refractivity contribution in [2.45, 2.75) is 32.7 Å². The molecule has 0 fully saturated rings. The van der Waals surface area contributed by atoms with Gasteiger partial charge in [-0.1, -0.05) is 45.0 Å². The van der Waals surface area contributed by atoms with Crippen LogP contribution < -0.4 is 5.32 Å². The van der Waals surface area contributed by atoms with Crippen LogP contribution in [0, 0.1) is 0 Å². The molecule has 35 heavy (non-hydrogen) atoms. The highest BCUT2D eigenvalue weighted by atomic mass is 16.4. The smallest absolute Gasteiger partial charge is 0.335 e. The van der Waals surface area contributed by atoms with E-state index in [1.165, 1.54) is 17.7 Å². The maximum absolute atomic E-state index is 11.3. The first kappa shape index (κ1) is 23.8. The summed E-state index contributed by atoms with van der Waals surface area (Å²) >= 11 is 0. The van der Waals surface area contributed by atoms with Crippen molar-refractivity contribution in [3.63, 3.8) is 0 Å². The Balaban J connectivity index is 1.65. The average Bonchev–Trinajstić information content (AvgIpc) is 3.27. The van der Waals surface area contributed by atoms with Crippen molar-refractivity contribution in [3.05, 3.63) is 101 Å². The van der Waals surface area contributed by atoms with Crippen LogP contribution in [0.3, 0.4) is 0 Å². The van der Waals surface area contributed by atoms with Crippen LogP contribution in [0.15, 0.2) is 79.0 Å². The Kier molecular flexibility index (Phi) is 6.42. The van der Waals surface area contributed by atoms with Gasteiger partial charge in [-0.2, -0.15) is 5.10 Å². The minimum absolute atomic E-state index is 0.0745. The number of carboxylic acids is 2. The lowest BCUT2D eigenvalue weighted by molar-refractivity contribution is 0.0686. The second kappa shape index (κ2) is 9.46. The largest absolute Gasteiger partial charge is 0.478 e. The highest BCUT2D eigenvalue weighted by Crippen LogP contribution is 2.27. The van der Waals surface area contributed by atoms with Crippen LogP contribution in [0.1, 0.15) is 52.6 Å². The van der Waals surface area contributed by atoms with Crippen LogP contribution in [0.4, 0.5) is 5.69 Å². The minimum atomic E-state index is -0.987. The Morgan fingerprint density at radius 2 is 1.37 bits per heavy atom. The number of hydrogen-bond acceptors (Lipinski definition) is 4. The van der Waals surface area contributed by atoms with Gasteiger partial charge in [-0.05, 0) is 59.5 Å². The molecule has 1 aromatic heterocycles. The molecule has 0 saturated heterocycles. The third kappa shape index (κ3) is 5.41. The molecule has 0 atom stereocenters. The normalized spacial score (nSPS) is 11.3. The monoisotopic (exact) mass is 469 g/mol. The third-order valence-electron chi connectivity index (χ3n) is 5.81. The van der Waals surface area contributed by atoms with E-state index in [1.807, 2.05) is 6.20 Å². The van der Waals surface area contributed by atoms with Gasteiger partial charge in [0.25, 0.3) is 0 Å². The van der Waals surface area contributed by atoms with Crippen LogP contribution in [0.2, 0.25) is 0 Å². The molecule has 4 aromatic rings. The first-order chi connectivity index (χ1) is 16.6. The number of benzene rings is 3. The van der Waals surface area contributed by atoms with E-state index in [0.717, 1.165) is 22.5 Å². The number of aromatic nitrogens is 2. The molecule has 4 rings (SSSR count). The Morgan fingerprint density at radius 1 is 0.829 bits per heavy atom. The lowest BCUT2D eigenvalue weighted by Crippen LogP contribution is -2.10. The zero-order valence-corrected chi connectivity index (χ0v) is 19.8. The van der Waals surface area contributed by atoms with E-state index in [-0.39, 0.29) is 16.5 Å². The number of anilines is 1. The van der Waals surface area contributed by atoms with Gasteiger partial charge in [0.2, 0.25) is 0 Å². The molecule has 0 saturated carbocycles. The molecule has 1 heterocycles. The van der Waals surface area contributed by atoms with E-state index < -0.39 is 11.9 Å². The fraction of sp³-hybridized carbons (Fsp3) is 0.179. The number of carbonyl (C=O) groups is 2. The van der Waals surface area contributed by atoms with E-state index in [0.29, 0.717) is 12.2 Å². The molecular formula is C28H27N3O4. The summed E-state index contributed by atoms with van der Waals surface area (Å²) in [5, 5.41) is 26.6. The van der Waals surface area contributed by atoms with Crippen LogP contribution in [0.5, 0.6) is 0 Å². The maximum Gasteiger partial charge on any atom is 0.335 e. The second-order valence-electron chi connectivity index (χ2n) is 9.36. The van der Waals surface area contributed by atoms with Gasteiger partial charge in [0.1, 0.15) is 0 Å². The molecule has 0 aliphatic rings. The molecule has 3 aromatic carbocycles. The molecule has 0 radical (unpaired) electrons. The predicted molar refractivity (Wildman–Crippen MR) is 135 cm³/mol. The van der Waals surface area contributed by atoms with E-state index in [1.54, 1.807) is 41.1 Å². The lowest BCUT2D eigenvalue weighted by atomic mass is 9.87. The molecule has 0 bridgehead atoms. The van der Waals surface area contributed by atoms with Crippen molar-refractivity contribution < 1.29 is 19.8 Å². The summed E-state index contributed by atoms with van der Waals surface area (Å²) in [4.78, 5) is 22.4. The summed E-state index contributed by atoms with van der Waals surface area (Å²) in [5.74, 6) is -1.97. The van der Waals surface area contributed by atoms with Gasteiger partial charge >= 0.3 is 11.9 Å². The van der Waals surface area contributed by atoms with E-state index in [9.17, 15) is 19.8 Å². The molecule has 7 heteroatoms. The zero-order chi connectivity index (χ0) is 25.2. The molecule has 0 spiro atoms. The average molecular weight is 470 g/mol. The molecule has 0 aliphatic carbocycles. The third-order valence-corrected chi connectivity index (χ3v) is 5.81. The van der Waals surface area contributed by atoms with Gasteiger partial charge in [-0.15, -0.1) is 0 Å². The van der Waals surface area contributed by atoms with Crippen molar-refractivity contribution in [2.24, 2.45) is 0 Å². The predicted octanol–water partition coefficient (Wildman–Crippen LogP) is 5.85. The number of hydrogen-bond donors (Lipinski definition) is 3. The van der Waals surface area contributed by atoms with Gasteiger partial charge in [-0.3, -0.25) is 0 Å². The molecule has 0 unspecified atom stereocenters. The van der Waals surface area contributed by atoms with Gasteiger partial charge in [0.05, 0.1) is 22.5 Å². The molecule has 3 N–H and O–H groups in total. The van der Waals surface area contributed by atoms with Crippen LogP contribution in [-0.4, -0.2) is 31.9 Å². The summed E-state index contributed by atoms with van der Waals surface area (Å²) in [6.45, 7) is 7.02. The fourth-order valence-corrected chi connectivity index (χ4v) is 3.73. The molecule has 7 nitrogen and oxygen atoms in total. The lowest BCUT2D eigenvalue weighted by Gasteiger charge is -2.19. The minimum Gasteiger partial charge on any atom is -0.478 e. The van der Waals surface area contributed by atoms with Crippen LogP contribution in [0.25, 0.3) is 16.9 Å².